The van der Waals surface area contributed by atoms with E-state index in [9.17, 15) is 13.2 Å². The molecule has 1 aromatic heterocycles. The van der Waals surface area contributed by atoms with Crippen LogP contribution in [0.3, 0.4) is 0 Å². The number of rotatable bonds is 2. The SMILES string of the molecule is Nc1cc(C(F)(F)F)cc(Nc2ccc(Br)cc2)n1. The fraction of sp³-hybridized carbons (Fsp3) is 0.0833. The second-order valence-corrected chi connectivity index (χ2v) is 4.71. The van der Waals surface area contributed by atoms with Gasteiger partial charge in [-0.3, -0.25) is 0 Å². The van der Waals surface area contributed by atoms with Crippen molar-refractivity contribution >= 4 is 33.3 Å². The monoisotopic (exact) mass is 331 g/mol. The van der Waals surface area contributed by atoms with Gasteiger partial charge in [-0.05, 0) is 36.4 Å². The van der Waals surface area contributed by atoms with Crippen LogP contribution in [0.2, 0.25) is 0 Å². The molecule has 2 rings (SSSR count). The molecule has 3 nitrogen and oxygen atoms in total. The smallest absolute Gasteiger partial charge is 0.384 e. The summed E-state index contributed by atoms with van der Waals surface area (Å²) >= 11 is 3.27. The molecule has 1 heterocycles. The number of nitrogens with two attached hydrogens (primary N) is 1. The molecule has 0 aliphatic rings. The van der Waals surface area contributed by atoms with Gasteiger partial charge >= 0.3 is 6.18 Å². The van der Waals surface area contributed by atoms with Crippen molar-refractivity contribution in [1.82, 2.24) is 4.98 Å². The van der Waals surface area contributed by atoms with Crippen LogP contribution in [0.25, 0.3) is 0 Å². The van der Waals surface area contributed by atoms with E-state index in [1.165, 1.54) is 0 Å². The Morgan fingerprint density at radius 3 is 2.32 bits per heavy atom. The van der Waals surface area contributed by atoms with Gasteiger partial charge in [-0.2, -0.15) is 13.2 Å². The van der Waals surface area contributed by atoms with E-state index in [1.807, 2.05) is 0 Å². The molecule has 0 spiro atoms. The summed E-state index contributed by atoms with van der Waals surface area (Å²) in [5.74, 6) is -0.135. The second kappa shape index (κ2) is 5.08. The fourth-order valence-corrected chi connectivity index (χ4v) is 1.73. The van der Waals surface area contributed by atoms with Gasteiger partial charge in [0.15, 0.2) is 0 Å². The maximum atomic E-state index is 12.6. The summed E-state index contributed by atoms with van der Waals surface area (Å²) in [4.78, 5) is 3.82. The highest BCUT2D eigenvalue weighted by Gasteiger charge is 2.31. The summed E-state index contributed by atoms with van der Waals surface area (Å²) in [5, 5.41) is 2.77. The van der Waals surface area contributed by atoms with Gasteiger partial charge in [0.05, 0.1) is 5.56 Å². The average Bonchev–Trinajstić information content (AvgIpc) is 2.30. The third-order valence-electron chi connectivity index (χ3n) is 2.29. The number of pyridine rings is 1. The Hall–Kier alpha value is -1.76. The van der Waals surface area contributed by atoms with Crippen molar-refractivity contribution in [1.29, 1.82) is 0 Å². The maximum Gasteiger partial charge on any atom is 0.416 e. The Balaban J connectivity index is 2.30. The van der Waals surface area contributed by atoms with Crippen molar-refractivity contribution in [2.24, 2.45) is 0 Å². The zero-order chi connectivity index (χ0) is 14.0. The van der Waals surface area contributed by atoms with E-state index in [2.05, 4.69) is 26.2 Å². The predicted octanol–water partition coefficient (Wildman–Crippen LogP) is 4.19. The Kier molecular flexibility index (Phi) is 3.66. The molecule has 0 aliphatic carbocycles. The van der Waals surface area contributed by atoms with Crippen molar-refractivity contribution < 1.29 is 13.2 Å². The van der Waals surface area contributed by atoms with Crippen LogP contribution in [0.1, 0.15) is 5.56 Å². The lowest BCUT2D eigenvalue weighted by Crippen LogP contribution is -2.08. The van der Waals surface area contributed by atoms with Gasteiger partial charge in [0.25, 0.3) is 0 Å². The molecule has 0 saturated carbocycles. The minimum atomic E-state index is -4.45. The molecule has 19 heavy (non-hydrogen) atoms. The Labute approximate surface area is 115 Å². The third-order valence-corrected chi connectivity index (χ3v) is 2.82. The number of nitrogens with one attached hydrogen (secondary N) is 1. The number of nitrogen functional groups attached to an aromatic ring is 1. The maximum absolute atomic E-state index is 12.6. The van der Waals surface area contributed by atoms with Crippen molar-refractivity contribution in [3.63, 3.8) is 0 Å². The lowest BCUT2D eigenvalue weighted by atomic mass is 10.2. The lowest BCUT2D eigenvalue weighted by molar-refractivity contribution is -0.137. The van der Waals surface area contributed by atoms with E-state index in [-0.39, 0.29) is 11.6 Å². The molecule has 2 aromatic rings. The van der Waals surface area contributed by atoms with Gasteiger partial charge in [-0.25, -0.2) is 4.98 Å². The van der Waals surface area contributed by atoms with Gasteiger partial charge in [0, 0.05) is 10.2 Å². The van der Waals surface area contributed by atoms with Crippen LogP contribution >= 0.6 is 15.9 Å². The first-order valence-electron chi connectivity index (χ1n) is 5.22. The fourth-order valence-electron chi connectivity index (χ4n) is 1.46. The van der Waals surface area contributed by atoms with Crippen LogP contribution in [-0.4, -0.2) is 4.98 Å². The lowest BCUT2D eigenvalue weighted by Gasteiger charge is -2.11. The predicted molar refractivity (Wildman–Crippen MR) is 71.1 cm³/mol. The van der Waals surface area contributed by atoms with Crippen molar-refractivity contribution in [2.45, 2.75) is 6.18 Å². The molecular weight excluding hydrogens is 323 g/mol. The van der Waals surface area contributed by atoms with Gasteiger partial charge in [-0.15, -0.1) is 0 Å². The Morgan fingerprint density at radius 2 is 1.74 bits per heavy atom. The Morgan fingerprint density at radius 1 is 1.11 bits per heavy atom. The normalized spacial score (nSPS) is 11.4. The van der Waals surface area contributed by atoms with Crippen molar-refractivity contribution in [3.05, 3.63) is 46.4 Å². The number of benzene rings is 1. The largest absolute Gasteiger partial charge is 0.416 e. The van der Waals surface area contributed by atoms with Gasteiger partial charge in [-0.1, -0.05) is 15.9 Å². The zero-order valence-electron chi connectivity index (χ0n) is 9.50. The van der Waals surface area contributed by atoms with Gasteiger partial charge in [0.2, 0.25) is 0 Å². The number of aromatic nitrogens is 1. The van der Waals surface area contributed by atoms with Crippen LogP contribution in [0.4, 0.5) is 30.5 Å². The molecule has 0 bridgehead atoms. The van der Waals surface area contributed by atoms with E-state index in [0.717, 1.165) is 16.6 Å². The standard InChI is InChI=1S/C12H9BrF3N3/c13-8-1-3-9(4-2-8)18-11-6-7(12(14,15)16)5-10(17)19-11/h1-6H,(H3,17,18,19). The molecule has 0 aliphatic heterocycles. The van der Waals surface area contributed by atoms with E-state index in [0.29, 0.717) is 5.69 Å². The van der Waals surface area contributed by atoms with Crippen LogP contribution < -0.4 is 11.1 Å². The van der Waals surface area contributed by atoms with Crippen LogP contribution in [0.15, 0.2) is 40.9 Å². The van der Waals surface area contributed by atoms with Crippen LogP contribution in [0, 0.1) is 0 Å². The first-order valence-corrected chi connectivity index (χ1v) is 6.01. The summed E-state index contributed by atoms with van der Waals surface area (Å²) in [5.41, 5.74) is 5.16. The van der Waals surface area contributed by atoms with Crippen molar-refractivity contribution in [3.8, 4) is 0 Å². The number of hydrogen-bond donors (Lipinski definition) is 2. The molecule has 3 N–H and O–H groups in total. The zero-order valence-corrected chi connectivity index (χ0v) is 11.1. The number of hydrogen-bond acceptors (Lipinski definition) is 3. The number of nitrogens with zero attached hydrogens (tertiary/aromatic N) is 1. The average molecular weight is 332 g/mol. The molecular formula is C12H9BrF3N3. The highest BCUT2D eigenvalue weighted by Crippen LogP contribution is 2.32. The molecule has 0 radical (unpaired) electrons. The summed E-state index contributed by atoms with van der Waals surface area (Å²) in [6, 6.07) is 8.66. The summed E-state index contributed by atoms with van der Waals surface area (Å²) in [7, 11) is 0. The topological polar surface area (TPSA) is 50.9 Å². The van der Waals surface area contributed by atoms with E-state index in [4.69, 9.17) is 5.73 Å². The second-order valence-electron chi connectivity index (χ2n) is 3.80. The number of anilines is 3. The molecule has 7 heteroatoms. The van der Waals surface area contributed by atoms with E-state index >= 15 is 0 Å². The van der Waals surface area contributed by atoms with Crippen LogP contribution in [0.5, 0.6) is 0 Å². The summed E-state index contributed by atoms with van der Waals surface area (Å²) in [6.07, 6.45) is -4.45. The first kappa shape index (κ1) is 13.7. The van der Waals surface area contributed by atoms with Crippen LogP contribution in [-0.2, 0) is 6.18 Å². The van der Waals surface area contributed by atoms with Gasteiger partial charge < -0.3 is 11.1 Å². The molecule has 1 aromatic carbocycles. The molecule has 0 fully saturated rings. The molecule has 0 atom stereocenters. The third kappa shape index (κ3) is 3.60. The van der Waals surface area contributed by atoms with E-state index < -0.39 is 11.7 Å². The molecule has 0 saturated heterocycles. The number of alkyl halides is 3. The molecule has 0 amide bonds. The highest BCUT2D eigenvalue weighted by molar-refractivity contribution is 9.10. The summed E-state index contributed by atoms with van der Waals surface area (Å²) in [6.45, 7) is 0. The highest BCUT2D eigenvalue weighted by atomic mass is 79.9. The molecule has 0 unspecified atom stereocenters. The van der Waals surface area contributed by atoms with Gasteiger partial charge in [0.1, 0.15) is 11.6 Å². The van der Waals surface area contributed by atoms with Crippen molar-refractivity contribution in [2.75, 3.05) is 11.1 Å². The quantitative estimate of drug-likeness (QED) is 0.867. The molecule has 100 valence electrons. The number of halogens is 4. The first-order chi connectivity index (χ1) is 8.84. The van der Waals surface area contributed by atoms with E-state index in [1.54, 1.807) is 24.3 Å². The minimum absolute atomic E-state index is 0.0506. The summed E-state index contributed by atoms with van der Waals surface area (Å²) < 4.78 is 38.7. The minimum Gasteiger partial charge on any atom is -0.384 e. The Bertz CT molecular complexity index is 582.